The van der Waals surface area contributed by atoms with E-state index in [9.17, 15) is 9.59 Å². The van der Waals surface area contributed by atoms with E-state index < -0.39 is 11.9 Å². The standard InChI is InChI=1S/C20H22N4O3/c1-11(2)24-18-15(10-21-24)9-17(13(4)22-18)19(25)23-16-7-5-6-14(8-16)12(3)20(26)27/h5-12H,1-4H3,(H,23,25)(H,26,27). The Morgan fingerprint density at radius 1 is 1.19 bits per heavy atom. The third-order valence-electron chi connectivity index (χ3n) is 4.51. The number of hydrogen-bond donors (Lipinski definition) is 2. The van der Waals surface area contributed by atoms with Gasteiger partial charge in [0.15, 0.2) is 5.65 Å². The van der Waals surface area contributed by atoms with E-state index in [2.05, 4.69) is 15.4 Å². The molecule has 0 spiro atoms. The van der Waals surface area contributed by atoms with Crippen molar-refractivity contribution in [2.75, 3.05) is 5.32 Å². The van der Waals surface area contributed by atoms with Gasteiger partial charge in [0, 0.05) is 17.1 Å². The van der Waals surface area contributed by atoms with E-state index in [0.29, 0.717) is 22.5 Å². The number of amides is 1. The number of carbonyl (C=O) groups is 2. The average molecular weight is 366 g/mol. The van der Waals surface area contributed by atoms with Crippen LogP contribution in [-0.2, 0) is 4.79 Å². The van der Waals surface area contributed by atoms with Crippen molar-refractivity contribution in [1.29, 1.82) is 0 Å². The molecule has 2 aromatic heterocycles. The summed E-state index contributed by atoms with van der Waals surface area (Å²) in [6.45, 7) is 7.44. The van der Waals surface area contributed by atoms with E-state index in [1.165, 1.54) is 0 Å². The van der Waals surface area contributed by atoms with Crippen LogP contribution in [0.1, 0.15) is 54.3 Å². The number of carboxylic acid groups (broad SMARTS) is 1. The zero-order valence-electron chi connectivity index (χ0n) is 15.7. The van der Waals surface area contributed by atoms with Crippen LogP contribution in [-0.4, -0.2) is 31.7 Å². The number of aliphatic carboxylic acids is 1. The van der Waals surface area contributed by atoms with Gasteiger partial charge in [-0.1, -0.05) is 12.1 Å². The Morgan fingerprint density at radius 2 is 1.93 bits per heavy atom. The number of carbonyl (C=O) groups excluding carboxylic acids is 1. The Bertz CT molecular complexity index is 1020. The summed E-state index contributed by atoms with van der Waals surface area (Å²) in [4.78, 5) is 28.5. The number of aryl methyl sites for hydroxylation is 1. The molecule has 1 aromatic carbocycles. The number of carboxylic acids is 1. The summed E-state index contributed by atoms with van der Waals surface area (Å²) >= 11 is 0. The average Bonchev–Trinajstić information content (AvgIpc) is 3.03. The van der Waals surface area contributed by atoms with Gasteiger partial charge in [0.1, 0.15) is 0 Å². The fourth-order valence-electron chi connectivity index (χ4n) is 2.90. The first kappa shape index (κ1) is 18.6. The number of benzene rings is 1. The molecule has 1 atom stereocenters. The number of nitrogens with zero attached hydrogens (tertiary/aromatic N) is 3. The van der Waals surface area contributed by atoms with Crippen LogP contribution in [0.5, 0.6) is 0 Å². The van der Waals surface area contributed by atoms with Gasteiger partial charge < -0.3 is 10.4 Å². The highest BCUT2D eigenvalue weighted by Gasteiger charge is 2.17. The highest BCUT2D eigenvalue weighted by Crippen LogP contribution is 2.22. The summed E-state index contributed by atoms with van der Waals surface area (Å²) in [6.07, 6.45) is 1.70. The topological polar surface area (TPSA) is 97.1 Å². The molecule has 0 fully saturated rings. The number of fused-ring (bicyclic) bond motifs is 1. The van der Waals surface area contributed by atoms with Gasteiger partial charge in [-0.2, -0.15) is 5.10 Å². The van der Waals surface area contributed by atoms with Gasteiger partial charge in [-0.3, -0.25) is 9.59 Å². The third kappa shape index (κ3) is 3.67. The second-order valence-electron chi connectivity index (χ2n) is 6.86. The first-order chi connectivity index (χ1) is 12.8. The fraction of sp³-hybridized carbons (Fsp3) is 0.300. The van der Waals surface area contributed by atoms with Crippen LogP contribution in [0.4, 0.5) is 5.69 Å². The fourth-order valence-corrected chi connectivity index (χ4v) is 2.90. The van der Waals surface area contributed by atoms with Crippen molar-refractivity contribution in [2.45, 2.75) is 39.7 Å². The van der Waals surface area contributed by atoms with Gasteiger partial charge in [0.05, 0.1) is 23.4 Å². The van der Waals surface area contributed by atoms with Crippen molar-refractivity contribution in [3.63, 3.8) is 0 Å². The van der Waals surface area contributed by atoms with E-state index in [4.69, 9.17) is 5.11 Å². The van der Waals surface area contributed by atoms with Crippen LogP contribution in [0.25, 0.3) is 11.0 Å². The Kier molecular flexibility index (Phi) is 4.94. The second-order valence-corrected chi connectivity index (χ2v) is 6.86. The van der Waals surface area contributed by atoms with E-state index in [1.807, 2.05) is 18.5 Å². The summed E-state index contributed by atoms with van der Waals surface area (Å²) in [7, 11) is 0. The number of anilines is 1. The number of rotatable bonds is 5. The summed E-state index contributed by atoms with van der Waals surface area (Å²) < 4.78 is 1.82. The van der Waals surface area contributed by atoms with Crippen molar-refractivity contribution in [2.24, 2.45) is 0 Å². The highest BCUT2D eigenvalue weighted by atomic mass is 16.4. The quantitative estimate of drug-likeness (QED) is 0.716. The van der Waals surface area contributed by atoms with Crippen molar-refractivity contribution in [3.8, 4) is 0 Å². The van der Waals surface area contributed by atoms with E-state index in [1.54, 1.807) is 50.4 Å². The Labute approximate surface area is 157 Å². The zero-order valence-corrected chi connectivity index (χ0v) is 15.7. The lowest BCUT2D eigenvalue weighted by Crippen LogP contribution is -2.15. The van der Waals surface area contributed by atoms with Crippen molar-refractivity contribution in [3.05, 3.63) is 53.3 Å². The van der Waals surface area contributed by atoms with Crippen LogP contribution in [0.2, 0.25) is 0 Å². The molecule has 140 valence electrons. The number of nitrogens with one attached hydrogen (secondary N) is 1. The lowest BCUT2D eigenvalue weighted by molar-refractivity contribution is -0.138. The lowest BCUT2D eigenvalue weighted by atomic mass is 10.0. The van der Waals surface area contributed by atoms with Crippen LogP contribution < -0.4 is 5.32 Å². The molecule has 0 saturated carbocycles. The van der Waals surface area contributed by atoms with E-state index >= 15 is 0 Å². The minimum atomic E-state index is -0.911. The van der Waals surface area contributed by atoms with Crippen molar-refractivity contribution in [1.82, 2.24) is 14.8 Å². The normalized spacial score (nSPS) is 12.3. The largest absolute Gasteiger partial charge is 0.481 e. The molecular formula is C20H22N4O3. The molecule has 0 aliphatic carbocycles. The molecule has 1 amide bonds. The Morgan fingerprint density at radius 3 is 2.59 bits per heavy atom. The molecular weight excluding hydrogens is 344 g/mol. The number of pyridine rings is 1. The summed E-state index contributed by atoms with van der Waals surface area (Å²) in [5, 5.41) is 17.1. The van der Waals surface area contributed by atoms with Gasteiger partial charge in [-0.15, -0.1) is 0 Å². The van der Waals surface area contributed by atoms with Gasteiger partial charge in [-0.05, 0) is 51.5 Å². The van der Waals surface area contributed by atoms with Crippen LogP contribution >= 0.6 is 0 Å². The van der Waals surface area contributed by atoms with Crippen molar-refractivity contribution < 1.29 is 14.7 Å². The first-order valence-corrected chi connectivity index (χ1v) is 8.77. The maximum atomic E-state index is 12.7. The van der Waals surface area contributed by atoms with Gasteiger partial charge in [0.25, 0.3) is 5.91 Å². The van der Waals surface area contributed by atoms with Crippen LogP contribution in [0, 0.1) is 6.92 Å². The maximum absolute atomic E-state index is 12.7. The number of aromatic nitrogens is 3. The highest BCUT2D eigenvalue weighted by molar-refractivity contribution is 6.06. The molecule has 3 aromatic rings. The summed E-state index contributed by atoms with van der Waals surface area (Å²) in [6, 6.07) is 8.82. The molecule has 27 heavy (non-hydrogen) atoms. The number of hydrogen-bond acceptors (Lipinski definition) is 4. The molecule has 2 N–H and O–H groups in total. The van der Waals surface area contributed by atoms with Gasteiger partial charge in [0.2, 0.25) is 0 Å². The maximum Gasteiger partial charge on any atom is 0.310 e. The van der Waals surface area contributed by atoms with Gasteiger partial charge >= 0.3 is 5.97 Å². The molecule has 0 aliphatic rings. The Hall–Kier alpha value is -3.22. The van der Waals surface area contributed by atoms with Gasteiger partial charge in [-0.25, -0.2) is 9.67 Å². The molecule has 7 heteroatoms. The second kappa shape index (κ2) is 7.19. The SMILES string of the molecule is Cc1nc2c(cnn2C(C)C)cc1C(=O)Nc1cccc(C(C)C(=O)O)c1. The minimum absolute atomic E-state index is 0.174. The molecule has 0 radical (unpaired) electrons. The summed E-state index contributed by atoms with van der Waals surface area (Å²) in [5.74, 6) is -1.85. The lowest BCUT2D eigenvalue weighted by Gasteiger charge is -2.12. The first-order valence-electron chi connectivity index (χ1n) is 8.77. The summed E-state index contributed by atoms with van der Waals surface area (Å²) in [5.41, 5.74) is 2.99. The van der Waals surface area contributed by atoms with E-state index in [0.717, 1.165) is 11.0 Å². The monoisotopic (exact) mass is 366 g/mol. The Balaban J connectivity index is 1.89. The minimum Gasteiger partial charge on any atom is -0.481 e. The predicted octanol–water partition coefficient (Wildman–Crippen LogP) is 3.76. The molecule has 7 nitrogen and oxygen atoms in total. The zero-order chi connectivity index (χ0) is 19.7. The van der Waals surface area contributed by atoms with Crippen LogP contribution in [0.15, 0.2) is 36.5 Å². The van der Waals surface area contributed by atoms with Crippen LogP contribution in [0.3, 0.4) is 0 Å². The molecule has 0 saturated heterocycles. The molecule has 0 bridgehead atoms. The molecule has 0 aliphatic heterocycles. The van der Waals surface area contributed by atoms with Crippen molar-refractivity contribution >= 4 is 28.6 Å². The van der Waals surface area contributed by atoms with E-state index in [-0.39, 0.29) is 11.9 Å². The molecule has 3 rings (SSSR count). The smallest absolute Gasteiger partial charge is 0.310 e. The predicted molar refractivity (Wildman–Crippen MR) is 103 cm³/mol. The molecule has 2 heterocycles. The third-order valence-corrected chi connectivity index (χ3v) is 4.51. The molecule has 1 unspecified atom stereocenters.